The number of hydrogen-bond donors (Lipinski definition) is 1. The first kappa shape index (κ1) is 23.4. The van der Waals surface area contributed by atoms with Gasteiger partial charge in [0.25, 0.3) is 11.6 Å². The van der Waals surface area contributed by atoms with Gasteiger partial charge in [0, 0.05) is 35.7 Å². The molecule has 9 nitrogen and oxygen atoms in total. The Bertz CT molecular complexity index is 910. The smallest absolute Gasteiger partial charge is 0.273 e. The van der Waals surface area contributed by atoms with Gasteiger partial charge in [-0.05, 0) is 33.0 Å². The van der Waals surface area contributed by atoms with E-state index in [-0.39, 0.29) is 23.7 Å². The number of anilines is 1. The van der Waals surface area contributed by atoms with Gasteiger partial charge >= 0.3 is 0 Å². The number of amides is 2. The van der Waals surface area contributed by atoms with Gasteiger partial charge in [-0.15, -0.1) is 11.3 Å². The van der Waals surface area contributed by atoms with Crippen LogP contribution in [0.2, 0.25) is 0 Å². The molecule has 1 N–H and O–H groups in total. The lowest BCUT2D eigenvalue weighted by Crippen LogP contribution is -2.42. The maximum atomic E-state index is 13.1. The van der Waals surface area contributed by atoms with E-state index in [4.69, 9.17) is 0 Å². The van der Waals surface area contributed by atoms with Crippen molar-refractivity contribution in [1.29, 1.82) is 0 Å². The average Bonchev–Trinajstić information content (AvgIpc) is 3.11. The number of aryl methyl sites for hydroxylation is 2. The summed E-state index contributed by atoms with van der Waals surface area (Å²) in [5.41, 5.74) is 1.34. The quantitative estimate of drug-likeness (QED) is 0.456. The van der Waals surface area contributed by atoms with Crippen LogP contribution >= 0.6 is 11.3 Å². The summed E-state index contributed by atoms with van der Waals surface area (Å²) in [4.78, 5) is 44.1. The summed E-state index contributed by atoms with van der Waals surface area (Å²) < 4.78 is 0. The van der Waals surface area contributed by atoms with Gasteiger partial charge in [-0.3, -0.25) is 19.7 Å². The first-order chi connectivity index (χ1) is 14.2. The molecule has 162 valence electrons. The van der Waals surface area contributed by atoms with E-state index in [1.54, 1.807) is 19.1 Å². The Morgan fingerprint density at radius 3 is 2.47 bits per heavy atom. The van der Waals surface area contributed by atoms with Crippen LogP contribution < -0.4 is 5.32 Å². The molecular formula is C20H27N5O4S. The largest absolute Gasteiger partial charge is 0.328 e. The van der Waals surface area contributed by atoms with Gasteiger partial charge in [-0.2, -0.15) is 0 Å². The highest BCUT2D eigenvalue weighted by Crippen LogP contribution is 2.20. The third kappa shape index (κ3) is 6.33. The number of nitrogens with zero attached hydrogens (tertiary/aromatic N) is 4. The van der Waals surface area contributed by atoms with Crippen LogP contribution in [0.4, 0.5) is 10.8 Å². The van der Waals surface area contributed by atoms with Gasteiger partial charge in [0.2, 0.25) is 5.91 Å². The van der Waals surface area contributed by atoms with Gasteiger partial charge in [-0.1, -0.05) is 19.9 Å². The number of nitro groups is 1. The van der Waals surface area contributed by atoms with Crippen LogP contribution in [-0.4, -0.2) is 64.2 Å². The minimum Gasteiger partial charge on any atom is -0.328 e. The molecule has 1 heterocycles. The molecule has 2 aromatic rings. The number of hydrogen-bond acceptors (Lipinski definition) is 7. The number of benzene rings is 1. The van der Waals surface area contributed by atoms with Crippen molar-refractivity contribution in [3.05, 3.63) is 50.5 Å². The van der Waals surface area contributed by atoms with E-state index in [1.807, 2.05) is 26.2 Å². The number of rotatable bonds is 10. The van der Waals surface area contributed by atoms with Crippen LogP contribution in [0.3, 0.4) is 0 Å². The molecule has 0 aliphatic heterocycles. The molecule has 0 bridgehead atoms. The summed E-state index contributed by atoms with van der Waals surface area (Å²) in [5, 5.41) is 16.2. The second-order valence-corrected chi connectivity index (χ2v) is 7.71. The molecule has 1 aromatic heterocycles. The van der Waals surface area contributed by atoms with Crippen molar-refractivity contribution in [2.45, 2.75) is 27.7 Å². The SMILES string of the molecule is CCN(CC)CCN(CC(=O)Nc1nc(C)cs1)C(=O)c1ccc(C)c([N+](=O)[O-])c1. The number of nitrogens with one attached hydrogen (secondary N) is 1. The number of carbonyl (C=O) groups is 2. The molecule has 2 amide bonds. The third-order valence-corrected chi connectivity index (χ3v) is 5.60. The van der Waals surface area contributed by atoms with E-state index in [2.05, 4.69) is 15.2 Å². The number of likely N-dealkylation sites (N-methyl/N-ethyl adjacent to an activating group) is 1. The molecule has 0 fully saturated rings. The molecule has 1 aromatic carbocycles. The Balaban J connectivity index is 2.21. The molecule has 10 heteroatoms. The van der Waals surface area contributed by atoms with Crippen LogP contribution in [-0.2, 0) is 4.79 Å². The predicted octanol–water partition coefficient (Wildman–Crippen LogP) is 3.09. The summed E-state index contributed by atoms with van der Waals surface area (Å²) in [6.45, 7) is 9.89. The van der Waals surface area contributed by atoms with Gasteiger partial charge in [0.1, 0.15) is 6.54 Å². The summed E-state index contributed by atoms with van der Waals surface area (Å²) in [6, 6.07) is 4.37. The highest BCUT2D eigenvalue weighted by atomic mass is 32.1. The molecule has 0 saturated heterocycles. The van der Waals surface area contributed by atoms with Crippen LogP contribution in [0, 0.1) is 24.0 Å². The molecule has 0 radical (unpaired) electrons. The summed E-state index contributed by atoms with van der Waals surface area (Å²) in [6.07, 6.45) is 0. The molecule has 0 spiro atoms. The Hall–Kier alpha value is -2.85. The molecular weight excluding hydrogens is 406 g/mol. The fourth-order valence-corrected chi connectivity index (χ4v) is 3.62. The second-order valence-electron chi connectivity index (χ2n) is 6.85. The van der Waals surface area contributed by atoms with Crippen molar-refractivity contribution in [2.24, 2.45) is 0 Å². The summed E-state index contributed by atoms with van der Waals surface area (Å²) >= 11 is 1.31. The number of thiazole rings is 1. The maximum Gasteiger partial charge on any atom is 0.273 e. The minimum absolute atomic E-state index is 0.118. The summed E-state index contributed by atoms with van der Waals surface area (Å²) in [5.74, 6) is -0.783. The molecule has 0 aliphatic rings. The Labute approximate surface area is 179 Å². The second kappa shape index (κ2) is 10.8. The Morgan fingerprint density at radius 2 is 1.90 bits per heavy atom. The van der Waals surface area contributed by atoms with Crippen LogP contribution in [0.5, 0.6) is 0 Å². The first-order valence-electron chi connectivity index (χ1n) is 9.73. The Morgan fingerprint density at radius 1 is 1.20 bits per heavy atom. The van der Waals surface area contributed by atoms with E-state index < -0.39 is 10.8 Å². The van der Waals surface area contributed by atoms with Crippen LogP contribution in [0.1, 0.15) is 35.5 Å². The zero-order valence-electron chi connectivity index (χ0n) is 17.7. The molecule has 0 atom stereocenters. The maximum absolute atomic E-state index is 13.1. The van der Waals surface area contributed by atoms with E-state index in [0.717, 1.165) is 18.8 Å². The van der Waals surface area contributed by atoms with Gasteiger partial charge in [0.15, 0.2) is 5.13 Å². The lowest BCUT2D eigenvalue weighted by atomic mass is 10.1. The standard InChI is InChI=1S/C20H27N5O4S/c1-5-23(6-2)9-10-24(12-18(26)22-20-21-15(4)13-30-20)19(27)16-8-7-14(3)17(11-16)25(28)29/h7-8,11,13H,5-6,9-10,12H2,1-4H3,(H,21,22,26). The van der Waals surface area contributed by atoms with Crippen molar-refractivity contribution < 1.29 is 14.5 Å². The van der Waals surface area contributed by atoms with E-state index >= 15 is 0 Å². The number of aromatic nitrogens is 1. The van der Waals surface area contributed by atoms with E-state index in [1.165, 1.54) is 22.3 Å². The lowest BCUT2D eigenvalue weighted by molar-refractivity contribution is -0.385. The normalized spacial score (nSPS) is 10.8. The van der Waals surface area contributed by atoms with Crippen molar-refractivity contribution in [3.63, 3.8) is 0 Å². The lowest BCUT2D eigenvalue weighted by Gasteiger charge is -2.26. The fourth-order valence-electron chi connectivity index (χ4n) is 2.92. The highest BCUT2D eigenvalue weighted by molar-refractivity contribution is 7.13. The van der Waals surface area contributed by atoms with E-state index in [0.29, 0.717) is 23.8 Å². The van der Waals surface area contributed by atoms with Crippen molar-refractivity contribution in [3.8, 4) is 0 Å². The monoisotopic (exact) mass is 433 g/mol. The predicted molar refractivity (Wildman–Crippen MR) is 117 cm³/mol. The van der Waals surface area contributed by atoms with Crippen LogP contribution in [0.25, 0.3) is 0 Å². The summed E-state index contributed by atoms with van der Waals surface area (Å²) in [7, 11) is 0. The zero-order chi connectivity index (χ0) is 22.3. The fraction of sp³-hybridized carbons (Fsp3) is 0.450. The highest BCUT2D eigenvalue weighted by Gasteiger charge is 2.22. The van der Waals surface area contributed by atoms with Gasteiger partial charge in [0.05, 0.1) is 10.6 Å². The average molecular weight is 434 g/mol. The van der Waals surface area contributed by atoms with Crippen molar-refractivity contribution in [1.82, 2.24) is 14.8 Å². The molecule has 30 heavy (non-hydrogen) atoms. The first-order valence-corrected chi connectivity index (χ1v) is 10.6. The van der Waals surface area contributed by atoms with Crippen molar-refractivity contribution in [2.75, 3.05) is 38.0 Å². The third-order valence-electron chi connectivity index (χ3n) is 4.72. The van der Waals surface area contributed by atoms with Gasteiger partial charge < -0.3 is 15.1 Å². The minimum atomic E-state index is -0.510. The molecule has 0 saturated carbocycles. The molecule has 2 rings (SSSR count). The topological polar surface area (TPSA) is 109 Å². The molecule has 0 unspecified atom stereocenters. The van der Waals surface area contributed by atoms with E-state index in [9.17, 15) is 19.7 Å². The Kier molecular flexibility index (Phi) is 8.43. The zero-order valence-corrected chi connectivity index (χ0v) is 18.5. The van der Waals surface area contributed by atoms with Gasteiger partial charge in [-0.25, -0.2) is 4.98 Å². The number of nitro benzene ring substituents is 1. The van der Waals surface area contributed by atoms with Crippen molar-refractivity contribution >= 4 is 34.0 Å². The molecule has 0 aliphatic carbocycles. The van der Waals surface area contributed by atoms with Crippen LogP contribution in [0.15, 0.2) is 23.6 Å². The number of carbonyl (C=O) groups excluding carboxylic acids is 2.